The maximum atomic E-state index is 11.3. The Kier molecular flexibility index (Phi) is 2.70. The van der Waals surface area contributed by atoms with Gasteiger partial charge in [0, 0.05) is 0 Å². The van der Waals surface area contributed by atoms with Crippen LogP contribution in [0.1, 0.15) is 19.3 Å². The first-order valence-corrected chi connectivity index (χ1v) is 4.13. The predicted octanol–water partition coefficient (Wildman–Crippen LogP) is 0.970. The summed E-state index contributed by atoms with van der Waals surface area (Å²) in [6.07, 6.45) is 5.01. The highest BCUT2D eigenvalue weighted by atomic mass is 16.5. The van der Waals surface area contributed by atoms with Crippen LogP contribution in [0.5, 0.6) is 0 Å². The Balaban J connectivity index is 2.99. The fourth-order valence-electron chi connectivity index (χ4n) is 1.48. The molecule has 0 saturated heterocycles. The maximum Gasteiger partial charge on any atom is 0.327 e. The third-order valence-electron chi connectivity index (χ3n) is 2.28. The SMILES string of the molecule is COC(=O)[C@@]1(C(=O)O)C=CCCC1. The van der Waals surface area contributed by atoms with Gasteiger partial charge >= 0.3 is 11.9 Å². The van der Waals surface area contributed by atoms with E-state index in [0.29, 0.717) is 12.8 Å². The van der Waals surface area contributed by atoms with E-state index in [1.54, 1.807) is 6.08 Å². The van der Waals surface area contributed by atoms with Crippen LogP contribution in [0.2, 0.25) is 0 Å². The smallest absolute Gasteiger partial charge is 0.327 e. The number of hydrogen-bond acceptors (Lipinski definition) is 3. The highest BCUT2D eigenvalue weighted by Crippen LogP contribution is 2.32. The first kappa shape index (κ1) is 9.77. The van der Waals surface area contributed by atoms with Crippen LogP contribution in [0.3, 0.4) is 0 Å². The quantitative estimate of drug-likeness (QED) is 0.394. The molecule has 0 radical (unpaired) electrons. The van der Waals surface area contributed by atoms with Crippen molar-refractivity contribution in [1.82, 2.24) is 0 Å². The van der Waals surface area contributed by atoms with E-state index in [1.807, 2.05) is 0 Å². The molecule has 4 nitrogen and oxygen atoms in total. The molecular weight excluding hydrogens is 172 g/mol. The van der Waals surface area contributed by atoms with Crippen molar-refractivity contribution in [1.29, 1.82) is 0 Å². The van der Waals surface area contributed by atoms with Crippen molar-refractivity contribution in [3.05, 3.63) is 12.2 Å². The molecule has 72 valence electrons. The molecule has 1 aliphatic carbocycles. The number of rotatable bonds is 2. The first-order chi connectivity index (χ1) is 6.13. The number of esters is 1. The van der Waals surface area contributed by atoms with Crippen LogP contribution in [-0.2, 0) is 14.3 Å². The summed E-state index contributed by atoms with van der Waals surface area (Å²) in [7, 11) is 1.20. The van der Waals surface area contributed by atoms with Crippen LogP contribution in [-0.4, -0.2) is 24.2 Å². The molecule has 0 bridgehead atoms. The molecule has 4 heteroatoms. The third-order valence-corrected chi connectivity index (χ3v) is 2.28. The van der Waals surface area contributed by atoms with Gasteiger partial charge in [-0.2, -0.15) is 0 Å². The van der Waals surface area contributed by atoms with E-state index in [9.17, 15) is 9.59 Å². The van der Waals surface area contributed by atoms with Gasteiger partial charge in [0.05, 0.1) is 7.11 Å². The molecule has 0 spiro atoms. The number of methoxy groups -OCH3 is 1. The molecular formula is C9H12O4. The third kappa shape index (κ3) is 1.56. The second-order valence-electron chi connectivity index (χ2n) is 3.06. The summed E-state index contributed by atoms with van der Waals surface area (Å²) in [5, 5.41) is 8.94. The van der Waals surface area contributed by atoms with Crippen LogP contribution in [0.25, 0.3) is 0 Å². The van der Waals surface area contributed by atoms with Gasteiger partial charge in [0.25, 0.3) is 0 Å². The lowest BCUT2D eigenvalue weighted by molar-refractivity contribution is -0.163. The molecule has 0 aliphatic heterocycles. The van der Waals surface area contributed by atoms with Crippen molar-refractivity contribution in [2.24, 2.45) is 5.41 Å². The normalized spacial score (nSPS) is 26.8. The second-order valence-corrected chi connectivity index (χ2v) is 3.06. The monoisotopic (exact) mass is 184 g/mol. The molecule has 0 fully saturated rings. The Hall–Kier alpha value is -1.32. The Morgan fingerprint density at radius 1 is 1.54 bits per heavy atom. The molecule has 1 rings (SSSR count). The van der Waals surface area contributed by atoms with Gasteiger partial charge in [0.15, 0.2) is 5.41 Å². The fourth-order valence-corrected chi connectivity index (χ4v) is 1.48. The zero-order chi connectivity index (χ0) is 9.90. The molecule has 0 saturated carbocycles. The fraction of sp³-hybridized carbons (Fsp3) is 0.556. The number of aliphatic carboxylic acids is 1. The number of hydrogen-bond donors (Lipinski definition) is 1. The van der Waals surface area contributed by atoms with Gasteiger partial charge < -0.3 is 9.84 Å². The van der Waals surface area contributed by atoms with E-state index < -0.39 is 17.4 Å². The number of allylic oxidation sites excluding steroid dienone is 1. The molecule has 0 heterocycles. The van der Waals surface area contributed by atoms with E-state index >= 15 is 0 Å². The lowest BCUT2D eigenvalue weighted by Gasteiger charge is -2.25. The largest absolute Gasteiger partial charge is 0.480 e. The summed E-state index contributed by atoms with van der Waals surface area (Å²) in [6, 6.07) is 0. The van der Waals surface area contributed by atoms with E-state index in [-0.39, 0.29) is 0 Å². The van der Waals surface area contributed by atoms with Crippen molar-refractivity contribution in [2.75, 3.05) is 7.11 Å². The van der Waals surface area contributed by atoms with Crippen molar-refractivity contribution >= 4 is 11.9 Å². The minimum Gasteiger partial charge on any atom is -0.480 e. The Morgan fingerprint density at radius 3 is 2.62 bits per heavy atom. The van der Waals surface area contributed by atoms with E-state index in [1.165, 1.54) is 13.2 Å². The van der Waals surface area contributed by atoms with Gasteiger partial charge in [-0.3, -0.25) is 9.59 Å². The summed E-state index contributed by atoms with van der Waals surface area (Å²) >= 11 is 0. The summed E-state index contributed by atoms with van der Waals surface area (Å²) < 4.78 is 4.48. The lowest BCUT2D eigenvalue weighted by Crippen LogP contribution is -2.39. The van der Waals surface area contributed by atoms with Crippen LogP contribution < -0.4 is 0 Å². The molecule has 0 aromatic carbocycles. The number of carbonyl (C=O) groups excluding carboxylic acids is 1. The van der Waals surface area contributed by atoms with E-state index in [2.05, 4.69) is 4.74 Å². The average molecular weight is 184 g/mol. The lowest BCUT2D eigenvalue weighted by atomic mass is 9.79. The minimum atomic E-state index is -1.44. The second kappa shape index (κ2) is 3.60. The van der Waals surface area contributed by atoms with Crippen molar-refractivity contribution in [3.63, 3.8) is 0 Å². The van der Waals surface area contributed by atoms with Gasteiger partial charge in [-0.05, 0) is 19.3 Å². The van der Waals surface area contributed by atoms with Crippen LogP contribution in [0.4, 0.5) is 0 Å². The summed E-state index contributed by atoms with van der Waals surface area (Å²) in [5.41, 5.74) is -1.44. The number of ether oxygens (including phenoxy) is 1. The minimum absolute atomic E-state index is 0.325. The molecule has 0 aromatic heterocycles. The summed E-state index contributed by atoms with van der Waals surface area (Å²) in [4.78, 5) is 22.2. The first-order valence-electron chi connectivity index (χ1n) is 4.13. The molecule has 13 heavy (non-hydrogen) atoms. The predicted molar refractivity (Wildman–Crippen MR) is 45.1 cm³/mol. The van der Waals surface area contributed by atoms with Gasteiger partial charge in [-0.15, -0.1) is 0 Å². The number of carbonyl (C=O) groups is 2. The van der Waals surface area contributed by atoms with E-state index in [4.69, 9.17) is 5.11 Å². The molecule has 1 atom stereocenters. The summed E-state index contributed by atoms with van der Waals surface area (Å²) in [5.74, 6) is -1.81. The van der Waals surface area contributed by atoms with Gasteiger partial charge in [-0.1, -0.05) is 12.2 Å². The van der Waals surface area contributed by atoms with Crippen molar-refractivity contribution in [2.45, 2.75) is 19.3 Å². The molecule has 1 N–H and O–H groups in total. The average Bonchev–Trinajstić information content (AvgIpc) is 2.17. The van der Waals surface area contributed by atoms with Gasteiger partial charge in [0.2, 0.25) is 0 Å². The number of carboxylic acids is 1. The molecule has 0 unspecified atom stereocenters. The van der Waals surface area contributed by atoms with Crippen LogP contribution >= 0.6 is 0 Å². The molecule has 0 amide bonds. The highest BCUT2D eigenvalue weighted by Gasteiger charge is 2.45. The van der Waals surface area contributed by atoms with Crippen molar-refractivity contribution in [3.8, 4) is 0 Å². The highest BCUT2D eigenvalue weighted by molar-refractivity contribution is 6.01. The zero-order valence-electron chi connectivity index (χ0n) is 7.45. The summed E-state index contributed by atoms with van der Waals surface area (Å²) in [6.45, 7) is 0. The Bertz CT molecular complexity index is 256. The van der Waals surface area contributed by atoms with Crippen LogP contribution in [0, 0.1) is 5.41 Å². The topological polar surface area (TPSA) is 63.6 Å². The molecule has 1 aliphatic rings. The van der Waals surface area contributed by atoms with E-state index in [0.717, 1.165) is 6.42 Å². The zero-order valence-corrected chi connectivity index (χ0v) is 7.45. The standard InChI is InChI=1S/C9H12O4/c1-13-8(12)9(7(10)11)5-3-2-4-6-9/h3,5H,2,4,6H2,1H3,(H,10,11)/t9-/m0/s1. The van der Waals surface area contributed by atoms with Gasteiger partial charge in [0.1, 0.15) is 0 Å². The molecule has 0 aromatic rings. The Morgan fingerprint density at radius 2 is 2.23 bits per heavy atom. The van der Waals surface area contributed by atoms with Crippen molar-refractivity contribution < 1.29 is 19.4 Å². The van der Waals surface area contributed by atoms with Gasteiger partial charge in [-0.25, -0.2) is 0 Å². The Labute approximate surface area is 76.2 Å². The maximum absolute atomic E-state index is 11.3. The number of carboxylic acid groups (broad SMARTS) is 1. The van der Waals surface area contributed by atoms with Crippen LogP contribution in [0.15, 0.2) is 12.2 Å².